The Labute approximate surface area is 54.9 Å². The fraction of sp³-hybridized carbons (Fsp3) is 0.833. The molecule has 0 aliphatic heterocycles. The average Bonchev–Trinajstić information content (AvgIpc) is 1.87. The topological polar surface area (TPSA) is 60.7 Å². The Bertz CT molecular complexity index is 65.3. The van der Waals surface area contributed by atoms with Crippen LogP contribution in [0.25, 0.3) is 0 Å². The van der Waals surface area contributed by atoms with Crippen molar-refractivity contribution in [2.45, 2.75) is 25.6 Å². The molecule has 0 aliphatic rings. The van der Waals surface area contributed by atoms with Crippen LogP contribution >= 0.6 is 0 Å². The van der Waals surface area contributed by atoms with Crippen LogP contribution in [0.4, 0.5) is 0 Å². The van der Waals surface area contributed by atoms with Crippen molar-refractivity contribution in [2.75, 3.05) is 6.61 Å². The van der Waals surface area contributed by atoms with Gasteiger partial charge in [-0.25, -0.2) is 0 Å². The van der Waals surface area contributed by atoms with Gasteiger partial charge in [-0.1, -0.05) is 13.3 Å². The third-order valence-electron chi connectivity index (χ3n) is 1.06. The first-order chi connectivity index (χ1) is 4.22. The van der Waals surface area contributed by atoms with Gasteiger partial charge in [-0.3, -0.25) is 0 Å². The molecule has 0 rings (SSSR count). The van der Waals surface area contributed by atoms with E-state index in [4.69, 9.17) is 15.3 Å². The zero-order valence-corrected chi connectivity index (χ0v) is 5.49. The molecule has 0 fully saturated rings. The van der Waals surface area contributed by atoms with Crippen molar-refractivity contribution < 1.29 is 15.3 Å². The summed E-state index contributed by atoms with van der Waals surface area (Å²) < 4.78 is 0. The first-order valence-corrected chi connectivity index (χ1v) is 3.02. The van der Waals surface area contributed by atoms with Gasteiger partial charge in [-0.2, -0.15) is 0 Å². The van der Waals surface area contributed by atoms with E-state index in [1.807, 2.05) is 6.92 Å². The predicted octanol–water partition coefficient (Wildman–Crippen LogP) is -0.685. The molecule has 0 saturated heterocycles. The summed E-state index contributed by atoms with van der Waals surface area (Å²) in [5.74, 6) is 0. The highest BCUT2D eigenvalue weighted by Crippen LogP contribution is 1.98. The van der Waals surface area contributed by atoms with Crippen LogP contribution in [0.5, 0.6) is 0 Å². The minimum absolute atomic E-state index is 0.391. The lowest BCUT2D eigenvalue weighted by atomic mass is 10.1. The van der Waals surface area contributed by atoms with Crippen LogP contribution in [0, 0.1) is 6.42 Å². The molecule has 0 aromatic heterocycles. The predicted molar refractivity (Wildman–Crippen MR) is 33.7 cm³/mol. The van der Waals surface area contributed by atoms with Gasteiger partial charge in [0.05, 0.1) is 12.7 Å². The maximum absolute atomic E-state index is 8.85. The van der Waals surface area contributed by atoms with Gasteiger partial charge in [0.2, 0.25) is 0 Å². The molecule has 2 unspecified atom stereocenters. The molecule has 0 bridgehead atoms. The summed E-state index contributed by atoms with van der Waals surface area (Å²) >= 11 is 0. The van der Waals surface area contributed by atoms with E-state index in [2.05, 4.69) is 0 Å². The number of hydrogen-bond acceptors (Lipinski definition) is 3. The van der Waals surface area contributed by atoms with Crippen molar-refractivity contribution >= 4 is 0 Å². The lowest BCUT2D eigenvalue weighted by Crippen LogP contribution is -2.29. The number of rotatable bonds is 4. The van der Waals surface area contributed by atoms with E-state index in [1.54, 1.807) is 6.42 Å². The fourth-order valence-electron chi connectivity index (χ4n) is 0.507. The molecule has 0 aliphatic carbocycles. The Hall–Kier alpha value is -0.120. The van der Waals surface area contributed by atoms with Gasteiger partial charge in [0, 0.05) is 0 Å². The van der Waals surface area contributed by atoms with Crippen LogP contribution in [0.2, 0.25) is 0 Å². The van der Waals surface area contributed by atoms with Crippen LogP contribution in [0.1, 0.15) is 13.3 Å². The van der Waals surface area contributed by atoms with Gasteiger partial charge in [-0.15, -0.1) is 0 Å². The van der Waals surface area contributed by atoms with E-state index in [0.29, 0.717) is 6.42 Å². The Morgan fingerprint density at radius 3 is 2.33 bits per heavy atom. The fourth-order valence-corrected chi connectivity index (χ4v) is 0.507. The highest BCUT2D eigenvalue weighted by atomic mass is 16.4. The third kappa shape index (κ3) is 3.46. The smallest absolute Gasteiger partial charge is 0.103 e. The van der Waals surface area contributed by atoms with Gasteiger partial charge in [0.1, 0.15) is 6.10 Å². The molecule has 0 aromatic rings. The van der Waals surface area contributed by atoms with Crippen LogP contribution in [0.3, 0.4) is 0 Å². The molecule has 0 heterocycles. The highest BCUT2D eigenvalue weighted by molar-refractivity contribution is 4.79. The Balaban J connectivity index is 3.32. The van der Waals surface area contributed by atoms with Crippen LogP contribution < -0.4 is 0 Å². The average molecular weight is 133 g/mol. The molecular formula is C6H13O3. The van der Waals surface area contributed by atoms with Gasteiger partial charge < -0.3 is 15.3 Å². The lowest BCUT2D eigenvalue weighted by molar-refractivity contribution is 0.00105. The molecule has 0 aromatic carbocycles. The van der Waals surface area contributed by atoms with E-state index in [-0.39, 0.29) is 0 Å². The third-order valence-corrected chi connectivity index (χ3v) is 1.06. The largest absolute Gasteiger partial charge is 0.394 e. The molecule has 3 heteroatoms. The van der Waals surface area contributed by atoms with Gasteiger partial charge in [-0.05, 0) is 6.42 Å². The maximum Gasteiger partial charge on any atom is 0.103 e. The highest BCUT2D eigenvalue weighted by Gasteiger charge is 2.12. The first-order valence-electron chi connectivity index (χ1n) is 3.02. The molecule has 1 radical (unpaired) electrons. The quantitative estimate of drug-likeness (QED) is 0.476. The van der Waals surface area contributed by atoms with Crippen molar-refractivity contribution in [1.82, 2.24) is 0 Å². The summed E-state index contributed by atoms with van der Waals surface area (Å²) in [5.41, 5.74) is 0. The van der Waals surface area contributed by atoms with E-state index in [1.165, 1.54) is 0 Å². The Morgan fingerprint density at radius 1 is 1.44 bits per heavy atom. The monoisotopic (exact) mass is 133 g/mol. The van der Waals surface area contributed by atoms with E-state index in [9.17, 15) is 0 Å². The van der Waals surface area contributed by atoms with Gasteiger partial charge in [0.15, 0.2) is 0 Å². The Kier molecular flexibility index (Phi) is 4.67. The number of aliphatic hydroxyl groups is 3. The standard InChI is InChI=1S/C6H13O3/c1-2-3-5(8)6(9)4-7/h3,5-9H,2,4H2,1H3. The molecule has 3 N–H and O–H groups in total. The molecule has 55 valence electrons. The molecule has 3 nitrogen and oxygen atoms in total. The molecule has 2 atom stereocenters. The van der Waals surface area contributed by atoms with Crippen LogP contribution in [-0.4, -0.2) is 34.1 Å². The molecular weight excluding hydrogens is 120 g/mol. The van der Waals surface area contributed by atoms with Crippen LogP contribution in [-0.2, 0) is 0 Å². The van der Waals surface area contributed by atoms with E-state index >= 15 is 0 Å². The number of aliphatic hydroxyl groups excluding tert-OH is 3. The molecule has 9 heavy (non-hydrogen) atoms. The van der Waals surface area contributed by atoms with Crippen molar-refractivity contribution in [1.29, 1.82) is 0 Å². The molecule has 0 saturated carbocycles. The Morgan fingerprint density at radius 2 is 2.00 bits per heavy atom. The second-order valence-electron chi connectivity index (χ2n) is 1.88. The number of hydrogen-bond donors (Lipinski definition) is 3. The summed E-state index contributed by atoms with van der Waals surface area (Å²) in [6.07, 6.45) is 0.323. The second kappa shape index (κ2) is 4.73. The van der Waals surface area contributed by atoms with Crippen molar-refractivity contribution in [3.05, 3.63) is 6.42 Å². The van der Waals surface area contributed by atoms with Gasteiger partial charge >= 0.3 is 0 Å². The van der Waals surface area contributed by atoms with Crippen molar-refractivity contribution in [2.24, 2.45) is 0 Å². The summed E-state index contributed by atoms with van der Waals surface area (Å²) in [5, 5.41) is 25.9. The minimum atomic E-state index is -1.02. The summed E-state index contributed by atoms with van der Waals surface area (Å²) in [4.78, 5) is 0. The van der Waals surface area contributed by atoms with E-state index < -0.39 is 18.8 Å². The molecule has 0 spiro atoms. The summed E-state index contributed by atoms with van der Waals surface area (Å²) in [6.45, 7) is 1.46. The zero-order valence-electron chi connectivity index (χ0n) is 5.49. The maximum atomic E-state index is 8.85. The summed E-state index contributed by atoms with van der Waals surface area (Å²) in [7, 11) is 0. The van der Waals surface area contributed by atoms with Crippen molar-refractivity contribution in [3.8, 4) is 0 Å². The van der Waals surface area contributed by atoms with Gasteiger partial charge in [0.25, 0.3) is 0 Å². The summed E-state index contributed by atoms with van der Waals surface area (Å²) in [6, 6.07) is 0. The molecule has 0 amide bonds. The minimum Gasteiger partial charge on any atom is -0.394 e. The van der Waals surface area contributed by atoms with E-state index in [0.717, 1.165) is 0 Å². The normalized spacial score (nSPS) is 17.3. The first kappa shape index (κ1) is 8.88. The SMILES string of the molecule is CC[CH]C(O)C(O)CO. The van der Waals surface area contributed by atoms with Crippen molar-refractivity contribution in [3.63, 3.8) is 0 Å². The van der Waals surface area contributed by atoms with Crippen LogP contribution in [0.15, 0.2) is 0 Å². The zero-order chi connectivity index (χ0) is 7.28. The lowest BCUT2D eigenvalue weighted by Gasteiger charge is -2.13. The second-order valence-corrected chi connectivity index (χ2v) is 1.88.